The lowest BCUT2D eigenvalue weighted by Gasteiger charge is -2.10. The molecule has 0 aliphatic carbocycles. The van der Waals surface area contributed by atoms with E-state index in [1.807, 2.05) is 25.1 Å². The number of nitrogen functional groups attached to an aromatic ring is 1. The van der Waals surface area contributed by atoms with E-state index in [1.54, 1.807) is 24.9 Å². The molecule has 0 saturated carbocycles. The van der Waals surface area contributed by atoms with Crippen LogP contribution in [-0.4, -0.2) is 7.11 Å². The van der Waals surface area contributed by atoms with E-state index in [2.05, 4.69) is 0 Å². The average molecular weight is 277 g/mol. The zero-order valence-electron chi connectivity index (χ0n) is 10.9. The summed E-state index contributed by atoms with van der Waals surface area (Å²) in [7, 11) is 1.59. The molecule has 4 heteroatoms. The normalized spacial score (nSPS) is 10.5. The highest BCUT2D eigenvalue weighted by atomic mass is 32.2. The smallest absolute Gasteiger partial charge is 0.123 e. The molecule has 0 amide bonds. The number of anilines is 1. The minimum absolute atomic E-state index is 0.256. The van der Waals surface area contributed by atoms with Gasteiger partial charge in [-0.3, -0.25) is 0 Å². The van der Waals surface area contributed by atoms with Crippen molar-refractivity contribution in [3.63, 3.8) is 0 Å². The molecule has 19 heavy (non-hydrogen) atoms. The van der Waals surface area contributed by atoms with Crippen molar-refractivity contribution in [2.45, 2.75) is 17.6 Å². The van der Waals surface area contributed by atoms with E-state index in [4.69, 9.17) is 10.5 Å². The summed E-state index contributed by atoms with van der Waals surface area (Å²) in [6.07, 6.45) is 0. The predicted molar refractivity (Wildman–Crippen MR) is 78.1 cm³/mol. The van der Waals surface area contributed by atoms with Crippen LogP contribution in [0.2, 0.25) is 0 Å². The third kappa shape index (κ3) is 3.41. The van der Waals surface area contributed by atoms with Gasteiger partial charge in [0.25, 0.3) is 0 Å². The molecule has 0 unspecified atom stereocenters. The molecule has 0 spiro atoms. The van der Waals surface area contributed by atoms with E-state index < -0.39 is 0 Å². The van der Waals surface area contributed by atoms with Gasteiger partial charge in [0.2, 0.25) is 0 Å². The van der Waals surface area contributed by atoms with Crippen LogP contribution >= 0.6 is 11.8 Å². The molecule has 100 valence electrons. The maximum atomic E-state index is 13.3. The Labute approximate surface area is 116 Å². The van der Waals surface area contributed by atoms with Crippen molar-refractivity contribution < 1.29 is 9.13 Å². The largest absolute Gasteiger partial charge is 0.496 e. The van der Waals surface area contributed by atoms with E-state index in [-0.39, 0.29) is 5.82 Å². The monoisotopic (exact) mass is 277 g/mol. The Balaban J connectivity index is 2.18. The van der Waals surface area contributed by atoms with E-state index in [0.29, 0.717) is 11.5 Å². The highest BCUT2D eigenvalue weighted by molar-refractivity contribution is 7.98. The Hall–Kier alpha value is -1.68. The molecule has 2 rings (SSSR count). The fraction of sp³-hybridized carbons (Fsp3) is 0.200. The highest BCUT2D eigenvalue weighted by Crippen LogP contribution is 2.32. The summed E-state index contributed by atoms with van der Waals surface area (Å²) in [6.45, 7) is 2.02. The van der Waals surface area contributed by atoms with Gasteiger partial charge in [0.1, 0.15) is 11.6 Å². The SMILES string of the molecule is COc1ccc(F)cc1CSc1cc(C)ccc1N. The van der Waals surface area contributed by atoms with Crippen LogP contribution in [0.25, 0.3) is 0 Å². The van der Waals surface area contributed by atoms with Crippen molar-refractivity contribution in [1.82, 2.24) is 0 Å². The number of methoxy groups -OCH3 is 1. The number of rotatable bonds is 4. The molecule has 2 aromatic rings. The average Bonchev–Trinajstić information content (AvgIpc) is 2.40. The van der Waals surface area contributed by atoms with Gasteiger partial charge in [0.05, 0.1) is 7.11 Å². The van der Waals surface area contributed by atoms with Gasteiger partial charge < -0.3 is 10.5 Å². The second kappa shape index (κ2) is 5.97. The third-order valence-corrected chi connectivity index (χ3v) is 3.91. The first-order chi connectivity index (χ1) is 9.10. The molecular weight excluding hydrogens is 261 g/mol. The van der Waals surface area contributed by atoms with Gasteiger partial charge in [0.15, 0.2) is 0 Å². The van der Waals surface area contributed by atoms with Crippen molar-refractivity contribution in [1.29, 1.82) is 0 Å². The maximum absolute atomic E-state index is 13.3. The first kappa shape index (κ1) is 13.7. The molecule has 0 aliphatic rings. The lowest BCUT2D eigenvalue weighted by molar-refractivity contribution is 0.410. The van der Waals surface area contributed by atoms with E-state index in [0.717, 1.165) is 21.7 Å². The molecule has 0 aliphatic heterocycles. The summed E-state index contributed by atoms with van der Waals surface area (Å²) in [5.74, 6) is 1.06. The quantitative estimate of drug-likeness (QED) is 0.677. The molecule has 0 fully saturated rings. The summed E-state index contributed by atoms with van der Waals surface area (Å²) in [5.41, 5.74) is 8.65. The van der Waals surface area contributed by atoms with Crippen LogP contribution in [0, 0.1) is 12.7 Å². The number of halogens is 1. The second-order valence-electron chi connectivity index (χ2n) is 4.29. The summed E-state index contributed by atoms with van der Waals surface area (Å²) in [6, 6.07) is 10.4. The van der Waals surface area contributed by atoms with Gasteiger partial charge in [-0.05, 0) is 42.8 Å². The van der Waals surface area contributed by atoms with Crippen LogP contribution in [-0.2, 0) is 5.75 Å². The summed E-state index contributed by atoms with van der Waals surface area (Å²) < 4.78 is 18.5. The minimum Gasteiger partial charge on any atom is -0.496 e. The molecule has 0 atom stereocenters. The van der Waals surface area contributed by atoms with Crippen LogP contribution < -0.4 is 10.5 Å². The predicted octanol–water partition coefficient (Wildman–Crippen LogP) is 4.02. The molecular formula is C15H16FNOS. The third-order valence-electron chi connectivity index (χ3n) is 2.79. The van der Waals surface area contributed by atoms with Crippen molar-refractivity contribution in [2.24, 2.45) is 0 Å². The molecule has 0 radical (unpaired) electrons. The Morgan fingerprint density at radius 2 is 2.00 bits per heavy atom. The number of ether oxygens (including phenoxy) is 1. The van der Waals surface area contributed by atoms with Crippen LogP contribution in [0.3, 0.4) is 0 Å². The number of hydrogen-bond acceptors (Lipinski definition) is 3. The topological polar surface area (TPSA) is 35.2 Å². The zero-order chi connectivity index (χ0) is 13.8. The van der Waals surface area contributed by atoms with Gasteiger partial charge in [-0.25, -0.2) is 4.39 Å². The van der Waals surface area contributed by atoms with E-state index in [1.165, 1.54) is 12.1 Å². The van der Waals surface area contributed by atoms with E-state index in [9.17, 15) is 4.39 Å². The van der Waals surface area contributed by atoms with Crippen LogP contribution in [0.4, 0.5) is 10.1 Å². The fourth-order valence-corrected chi connectivity index (χ4v) is 2.82. The molecule has 0 heterocycles. The fourth-order valence-electron chi connectivity index (χ4n) is 1.78. The van der Waals surface area contributed by atoms with Crippen molar-refractivity contribution in [3.8, 4) is 5.75 Å². The van der Waals surface area contributed by atoms with Crippen molar-refractivity contribution in [2.75, 3.05) is 12.8 Å². The molecule has 2 nitrogen and oxygen atoms in total. The molecule has 2 aromatic carbocycles. The lowest BCUT2D eigenvalue weighted by Crippen LogP contribution is -1.93. The van der Waals surface area contributed by atoms with Crippen LogP contribution in [0.5, 0.6) is 5.75 Å². The van der Waals surface area contributed by atoms with Gasteiger partial charge in [0, 0.05) is 21.9 Å². The second-order valence-corrected chi connectivity index (χ2v) is 5.30. The first-order valence-corrected chi connectivity index (χ1v) is 6.90. The van der Waals surface area contributed by atoms with Crippen LogP contribution in [0.1, 0.15) is 11.1 Å². The Bertz CT molecular complexity index is 586. The number of thioether (sulfide) groups is 1. The Morgan fingerprint density at radius 1 is 1.21 bits per heavy atom. The Kier molecular flexibility index (Phi) is 4.32. The van der Waals surface area contributed by atoms with E-state index >= 15 is 0 Å². The number of aryl methyl sites for hydroxylation is 1. The van der Waals surface area contributed by atoms with Crippen molar-refractivity contribution in [3.05, 3.63) is 53.3 Å². The molecule has 0 saturated heterocycles. The Morgan fingerprint density at radius 3 is 2.74 bits per heavy atom. The maximum Gasteiger partial charge on any atom is 0.123 e. The van der Waals surface area contributed by atoms with Crippen molar-refractivity contribution >= 4 is 17.4 Å². The van der Waals surface area contributed by atoms with Gasteiger partial charge in [-0.15, -0.1) is 11.8 Å². The van der Waals surface area contributed by atoms with Crippen LogP contribution in [0.15, 0.2) is 41.3 Å². The van der Waals surface area contributed by atoms with Gasteiger partial charge in [-0.2, -0.15) is 0 Å². The number of nitrogens with two attached hydrogens (primary N) is 1. The standard InChI is InChI=1S/C15H16FNOS/c1-10-3-5-13(17)15(7-10)19-9-11-8-12(16)4-6-14(11)18-2/h3-8H,9,17H2,1-2H3. The summed E-state index contributed by atoms with van der Waals surface area (Å²) >= 11 is 1.58. The lowest BCUT2D eigenvalue weighted by atomic mass is 10.2. The van der Waals surface area contributed by atoms with Gasteiger partial charge >= 0.3 is 0 Å². The number of benzene rings is 2. The molecule has 2 N–H and O–H groups in total. The molecule has 0 aromatic heterocycles. The van der Waals surface area contributed by atoms with Gasteiger partial charge in [-0.1, -0.05) is 6.07 Å². The molecule has 0 bridgehead atoms. The highest BCUT2D eigenvalue weighted by Gasteiger charge is 2.07. The first-order valence-electron chi connectivity index (χ1n) is 5.91. The minimum atomic E-state index is -0.256. The zero-order valence-corrected chi connectivity index (χ0v) is 11.8. The summed E-state index contributed by atoms with van der Waals surface area (Å²) in [5, 5.41) is 0. The summed E-state index contributed by atoms with van der Waals surface area (Å²) in [4.78, 5) is 1.01. The number of hydrogen-bond donors (Lipinski definition) is 1.